The summed E-state index contributed by atoms with van der Waals surface area (Å²) in [5.41, 5.74) is 2.11. The molecule has 0 saturated carbocycles. The quantitative estimate of drug-likeness (QED) is 0.0551. The summed E-state index contributed by atoms with van der Waals surface area (Å²) in [6.45, 7) is 1.43. The predicted molar refractivity (Wildman–Crippen MR) is 216 cm³/mol. The van der Waals surface area contributed by atoms with Gasteiger partial charge in [-0.15, -0.1) is 0 Å². The van der Waals surface area contributed by atoms with E-state index < -0.39 is 60.9 Å². The fourth-order valence-electron chi connectivity index (χ4n) is 5.80. The fraction of sp³-hybridized carbons (Fsp3) is 0.139. The number of fused-ring (bicyclic) bond motifs is 1. The summed E-state index contributed by atoms with van der Waals surface area (Å²) >= 11 is 0. The van der Waals surface area contributed by atoms with Gasteiger partial charge in [-0.05, 0) is 78.2 Å². The van der Waals surface area contributed by atoms with Crippen molar-refractivity contribution in [3.8, 4) is 0 Å². The molecule has 0 amide bonds. The Labute approximate surface area is 343 Å². The highest BCUT2D eigenvalue weighted by Crippen LogP contribution is 2.34. The van der Waals surface area contributed by atoms with Crippen molar-refractivity contribution >= 4 is 79.9 Å². The van der Waals surface area contributed by atoms with Crippen molar-refractivity contribution < 1.29 is 51.9 Å². The number of anilines is 1. The lowest BCUT2D eigenvalue weighted by molar-refractivity contribution is 0.480. The van der Waals surface area contributed by atoms with Gasteiger partial charge in [-0.2, -0.15) is 64.1 Å². The van der Waals surface area contributed by atoms with Gasteiger partial charge in [-0.3, -0.25) is 18.2 Å². The van der Waals surface area contributed by atoms with Crippen LogP contribution in [0.4, 0.5) is 28.7 Å². The number of hydrogen-bond donors (Lipinski definition) is 5. The Morgan fingerprint density at radius 1 is 0.517 bits per heavy atom. The summed E-state index contributed by atoms with van der Waals surface area (Å²) in [5, 5.41) is 18.6. The van der Waals surface area contributed by atoms with Crippen molar-refractivity contribution in [2.45, 2.75) is 34.5 Å². The Bertz CT molecular complexity index is 3150. The number of nitrogens with zero attached hydrogens (tertiary/aromatic N) is 7. The third-order valence-corrected chi connectivity index (χ3v) is 12.0. The number of nitrogens with one attached hydrogen (secondary N) is 1. The van der Waals surface area contributed by atoms with E-state index in [1.165, 1.54) is 30.3 Å². The first-order valence-corrected chi connectivity index (χ1v) is 23.1. The molecule has 60 heavy (non-hydrogen) atoms. The molecule has 0 aliphatic rings. The SMILES string of the molecule is Cc1cc(N=Nc2cc(S(=O)(=O)O)c3cccc(S(=O)(=O)O)c3c2)ccc1Cc1nc(Cc2ccc(N=Nc3ccccc3)cc2S(=O)(=O)O)nc(NCCS(=O)(=O)O)n1. The zero-order chi connectivity index (χ0) is 43.5. The van der Waals surface area contributed by atoms with Crippen LogP contribution in [0.5, 0.6) is 0 Å². The van der Waals surface area contributed by atoms with Crippen molar-refractivity contribution in [1.29, 1.82) is 0 Å². The van der Waals surface area contributed by atoms with Crippen LogP contribution in [-0.2, 0) is 53.3 Å². The minimum absolute atomic E-state index is 0.0257. The molecule has 0 atom stereocenters. The maximum absolute atomic E-state index is 12.5. The lowest BCUT2D eigenvalue weighted by Gasteiger charge is -2.12. The number of hydrogen-bond acceptors (Lipinski definition) is 16. The van der Waals surface area contributed by atoms with Crippen molar-refractivity contribution in [2.24, 2.45) is 20.5 Å². The van der Waals surface area contributed by atoms with E-state index in [2.05, 4.69) is 40.7 Å². The molecule has 6 aromatic rings. The van der Waals surface area contributed by atoms with Gasteiger partial charge < -0.3 is 5.32 Å². The first-order chi connectivity index (χ1) is 28.1. The van der Waals surface area contributed by atoms with Gasteiger partial charge in [0, 0.05) is 30.2 Å². The van der Waals surface area contributed by atoms with Crippen LogP contribution in [0.3, 0.4) is 0 Å². The molecular weight excluding hydrogens is 865 g/mol. The van der Waals surface area contributed by atoms with Crippen molar-refractivity contribution in [1.82, 2.24) is 15.0 Å². The molecule has 5 aromatic carbocycles. The number of aryl methyl sites for hydroxylation is 1. The minimum Gasteiger partial charge on any atom is -0.353 e. The van der Waals surface area contributed by atoms with E-state index in [1.54, 1.807) is 55.5 Å². The van der Waals surface area contributed by atoms with Gasteiger partial charge in [-0.25, -0.2) is 4.98 Å². The van der Waals surface area contributed by atoms with Crippen LogP contribution < -0.4 is 5.32 Å². The minimum atomic E-state index is -4.88. The van der Waals surface area contributed by atoms with Crippen molar-refractivity contribution in [3.63, 3.8) is 0 Å². The second-order valence-electron chi connectivity index (χ2n) is 12.9. The average Bonchev–Trinajstić information content (AvgIpc) is 3.15. The van der Waals surface area contributed by atoms with Crippen LogP contribution in [-0.4, -0.2) is 79.1 Å². The Kier molecular flexibility index (Phi) is 12.6. The highest BCUT2D eigenvalue weighted by atomic mass is 32.2. The number of rotatable bonds is 15. The molecule has 5 N–H and O–H groups in total. The smallest absolute Gasteiger partial charge is 0.295 e. The zero-order valence-corrected chi connectivity index (χ0v) is 34.2. The van der Waals surface area contributed by atoms with Gasteiger partial charge in [0.1, 0.15) is 21.4 Å². The summed E-state index contributed by atoms with van der Waals surface area (Å²) in [5.74, 6) is -0.599. The Morgan fingerprint density at radius 3 is 1.67 bits per heavy atom. The molecule has 0 spiro atoms. The Balaban J connectivity index is 1.30. The van der Waals surface area contributed by atoms with E-state index in [4.69, 9.17) is 0 Å². The second kappa shape index (κ2) is 17.3. The molecule has 0 radical (unpaired) electrons. The molecule has 1 heterocycles. The van der Waals surface area contributed by atoms with Gasteiger partial charge in [-0.1, -0.05) is 42.5 Å². The van der Waals surface area contributed by atoms with E-state index in [9.17, 15) is 51.9 Å². The van der Waals surface area contributed by atoms with Crippen molar-refractivity contribution in [3.05, 3.63) is 125 Å². The molecule has 0 bridgehead atoms. The largest absolute Gasteiger partial charge is 0.353 e. The topological polar surface area (TPSA) is 318 Å². The van der Waals surface area contributed by atoms with Gasteiger partial charge in [0.25, 0.3) is 40.5 Å². The maximum Gasteiger partial charge on any atom is 0.295 e. The first-order valence-electron chi connectivity index (χ1n) is 17.2. The molecule has 0 fully saturated rings. The monoisotopic (exact) mass is 896 g/mol. The number of azo groups is 2. The normalized spacial score (nSPS) is 12.8. The zero-order valence-electron chi connectivity index (χ0n) is 30.9. The van der Waals surface area contributed by atoms with Crippen LogP contribution in [0.1, 0.15) is 28.3 Å². The van der Waals surface area contributed by atoms with Gasteiger partial charge in [0.15, 0.2) is 0 Å². The molecule has 0 aliphatic heterocycles. The van der Waals surface area contributed by atoms with Gasteiger partial charge in [0.2, 0.25) is 5.95 Å². The van der Waals surface area contributed by atoms with Gasteiger partial charge in [0.05, 0.1) is 33.4 Å². The summed E-state index contributed by atoms with van der Waals surface area (Å²) in [6, 6.07) is 23.2. The molecule has 24 heteroatoms. The predicted octanol–water partition coefficient (Wildman–Crippen LogP) is 6.39. The third kappa shape index (κ3) is 11.4. The number of aromatic nitrogens is 3. The van der Waals surface area contributed by atoms with Crippen LogP contribution in [0.15, 0.2) is 132 Å². The van der Waals surface area contributed by atoms with E-state index in [0.29, 0.717) is 16.8 Å². The lowest BCUT2D eigenvalue weighted by Crippen LogP contribution is -2.18. The fourth-order valence-corrected chi connectivity index (χ4v) is 8.33. The van der Waals surface area contributed by atoms with Crippen molar-refractivity contribution in [2.75, 3.05) is 17.6 Å². The highest BCUT2D eigenvalue weighted by Gasteiger charge is 2.22. The van der Waals surface area contributed by atoms with Gasteiger partial charge >= 0.3 is 0 Å². The summed E-state index contributed by atoms with van der Waals surface area (Å²) in [7, 11) is -18.8. The molecule has 6 rings (SSSR count). The first kappa shape index (κ1) is 43.6. The summed E-state index contributed by atoms with van der Waals surface area (Å²) < 4.78 is 135. The van der Waals surface area contributed by atoms with E-state index in [0.717, 1.165) is 18.2 Å². The Morgan fingerprint density at radius 2 is 1.07 bits per heavy atom. The Hall–Kier alpha value is -5.99. The van der Waals surface area contributed by atoms with E-state index in [1.807, 2.05) is 0 Å². The highest BCUT2D eigenvalue weighted by molar-refractivity contribution is 7.86. The molecule has 0 saturated heterocycles. The van der Waals surface area contributed by atoms with Crippen LogP contribution >= 0.6 is 0 Å². The van der Waals surface area contributed by atoms with E-state index >= 15 is 0 Å². The average molecular weight is 897 g/mol. The molecule has 20 nitrogen and oxygen atoms in total. The lowest BCUT2D eigenvalue weighted by atomic mass is 10.0. The number of benzene rings is 5. The maximum atomic E-state index is 12.5. The molecule has 0 unspecified atom stereocenters. The van der Waals surface area contributed by atoms with Crippen LogP contribution in [0, 0.1) is 6.92 Å². The molecule has 1 aromatic heterocycles. The molecular formula is C36H32N8O12S4. The standard InChI is InChI=1S/C36H32N8O12S4/c1-22-16-26(42-44-28-19-30-29(33(21-28)60(54,55)56)8-5-9-31(30)58(48,49)50)12-10-23(22)17-34-38-35(40-36(39-34)37-14-15-57(45,46)47)18-24-11-13-27(20-32(24)59(51,52)53)43-41-25-6-3-2-4-7-25/h2-13,16,19-21H,14-15,17-18H2,1H3,(H,45,46,47)(H,48,49,50)(H,51,52,53)(H,54,55,56)(H,37,38,39,40). The van der Waals surface area contributed by atoms with E-state index in [-0.39, 0.29) is 70.4 Å². The molecule has 0 aliphatic carbocycles. The summed E-state index contributed by atoms with van der Waals surface area (Å²) in [4.78, 5) is 11.4. The second-order valence-corrected chi connectivity index (χ2v) is 18.7. The van der Waals surface area contributed by atoms with Crippen LogP contribution in [0.2, 0.25) is 0 Å². The molecule has 312 valence electrons. The third-order valence-electron chi connectivity index (χ3n) is 8.50. The van der Waals surface area contributed by atoms with Crippen LogP contribution in [0.25, 0.3) is 10.8 Å². The summed E-state index contributed by atoms with van der Waals surface area (Å²) in [6.07, 6.45) is -0.192.